The molecule has 0 saturated carbocycles. The predicted molar refractivity (Wildman–Crippen MR) is 108 cm³/mol. The molecule has 27 heavy (non-hydrogen) atoms. The van der Waals surface area contributed by atoms with Gasteiger partial charge in [0, 0.05) is 37.2 Å². The fourth-order valence-electron chi connectivity index (χ4n) is 3.11. The van der Waals surface area contributed by atoms with Crippen molar-refractivity contribution in [2.45, 2.75) is 11.4 Å². The van der Waals surface area contributed by atoms with E-state index in [2.05, 4.69) is 20.8 Å². The molecule has 0 aliphatic carbocycles. The van der Waals surface area contributed by atoms with E-state index >= 15 is 0 Å². The van der Waals surface area contributed by atoms with Crippen LogP contribution in [0.1, 0.15) is 5.56 Å². The molecular weight excluding hydrogens is 432 g/mol. The maximum absolute atomic E-state index is 13.0. The largest absolute Gasteiger partial charge is 0.497 e. The molecule has 0 bridgehead atoms. The zero-order chi connectivity index (χ0) is 19.4. The SMILES string of the molecule is COc1ccc(CN2CCN(S(=O)(=O)c3cc(Br)ccc3OC)CC2)cc1. The van der Waals surface area contributed by atoms with Gasteiger partial charge in [-0.05, 0) is 35.9 Å². The Morgan fingerprint density at radius 2 is 1.63 bits per heavy atom. The van der Waals surface area contributed by atoms with Gasteiger partial charge in [0.2, 0.25) is 10.0 Å². The topological polar surface area (TPSA) is 59.1 Å². The summed E-state index contributed by atoms with van der Waals surface area (Å²) >= 11 is 3.34. The van der Waals surface area contributed by atoms with E-state index in [0.29, 0.717) is 36.4 Å². The maximum atomic E-state index is 13.0. The second kappa shape index (κ2) is 8.60. The number of rotatable bonds is 6. The Bertz CT molecular complexity index is 879. The van der Waals surface area contributed by atoms with Crippen molar-refractivity contribution in [1.82, 2.24) is 9.21 Å². The van der Waals surface area contributed by atoms with Gasteiger partial charge in [0.25, 0.3) is 0 Å². The second-order valence-electron chi connectivity index (χ2n) is 6.32. The van der Waals surface area contributed by atoms with Crippen molar-refractivity contribution >= 4 is 26.0 Å². The molecular formula is C19H23BrN2O4S. The second-order valence-corrected chi connectivity index (χ2v) is 9.15. The molecule has 0 N–H and O–H groups in total. The first-order valence-electron chi connectivity index (χ1n) is 8.63. The van der Waals surface area contributed by atoms with Crippen LogP contribution in [0.25, 0.3) is 0 Å². The van der Waals surface area contributed by atoms with E-state index in [1.54, 1.807) is 25.3 Å². The van der Waals surface area contributed by atoms with Crippen LogP contribution in [-0.2, 0) is 16.6 Å². The van der Waals surface area contributed by atoms with Crippen molar-refractivity contribution in [3.63, 3.8) is 0 Å². The molecule has 0 spiro atoms. The third kappa shape index (κ3) is 4.63. The van der Waals surface area contributed by atoms with E-state index in [9.17, 15) is 8.42 Å². The summed E-state index contributed by atoms with van der Waals surface area (Å²) in [6, 6.07) is 13.0. The van der Waals surface area contributed by atoms with Gasteiger partial charge in [-0.15, -0.1) is 0 Å². The lowest BCUT2D eigenvalue weighted by molar-refractivity contribution is 0.181. The third-order valence-corrected chi connectivity index (χ3v) is 7.05. The van der Waals surface area contributed by atoms with Crippen LogP contribution in [-0.4, -0.2) is 58.0 Å². The van der Waals surface area contributed by atoms with Crippen LogP contribution >= 0.6 is 15.9 Å². The minimum Gasteiger partial charge on any atom is -0.497 e. The summed E-state index contributed by atoms with van der Waals surface area (Å²) in [4.78, 5) is 2.45. The maximum Gasteiger partial charge on any atom is 0.246 e. The highest BCUT2D eigenvalue weighted by Crippen LogP contribution is 2.30. The van der Waals surface area contributed by atoms with Crippen molar-refractivity contribution in [2.24, 2.45) is 0 Å². The van der Waals surface area contributed by atoms with Gasteiger partial charge in [-0.1, -0.05) is 28.1 Å². The zero-order valence-electron chi connectivity index (χ0n) is 15.4. The Morgan fingerprint density at radius 3 is 2.22 bits per heavy atom. The summed E-state index contributed by atoms with van der Waals surface area (Å²) < 4.78 is 38.8. The van der Waals surface area contributed by atoms with Gasteiger partial charge in [-0.25, -0.2) is 8.42 Å². The summed E-state index contributed by atoms with van der Waals surface area (Å²) in [6.07, 6.45) is 0. The van der Waals surface area contributed by atoms with Gasteiger partial charge in [0.15, 0.2) is 0 Å². The Morgan fingerprint density at radius 1 is 0.963 bits per heavy atom. The summed E-state index contributed by atoms with van der Waals surface area (Å²) in [6.45, 7) is 3.06. The standard InChI is InChI=1S/C19H23BrN2O4S/c1-25-17-6-3-15(4-7-17)14-21-9-11-22(12-10-21)27(23,24)19-13-16(20)5-8-18(19)26-2/h3-8,13H,9-12,14H2,1-2H3. The van der Waals surface area contributed by atoms with Crippen molar-refractivity contribution in [3.8, 4) is 11.5 Å². The molecule has 3 rings (SSSR count). The van der Waals surface area contributed by atoms with Crippen LogP contribution in [0.4, 0.5) is 0 Å². The summed E-state index contributed by atoms with van der Waals surface area (Å²) in [5, 5.41) is 0. The van der Waals surface area contributed by atoms with E-state index in [1.807, 2.05) is 24.3 Å². The van der Waals surface area contributed by atoms with E-state index in [-0.39, 0.29) is 4.90 Å². The van der Waals surface area contributed by atoms with Gasteiger partial charge < -0.3 is 9.47 Å². The highest BCUT2D eigenvalue weighted by atomic mass is 79.9. The first-order valence-corrected chi connectivity index (χ1v) is 10.9. The first kappa shape index (κ1) is 20.1. The van der Waals surface area contributed by atoms with Gasteiger partial charge in [-0.2, -0.15) is 4.31 Å². The van der Waals surface area contributed by atoms with Gasteiger partial charge in [-0.3, -0.25) is 4.90 Å². The summed E-state index contributed by atoms with van der Waals surface area (Å²) in [7, 11) is -0.468. The lowest BCUT2D eigenvalue weighted by Gasteiger charge is -2.34. The lowest BCUT2D eigenvalue weighted by atomic mass is 10.2. The summed E-state index contributed by atoms with van der Waals surface area (Å²) in [5.74, 6) is 1.19. The number of hydrogen-bond acceptors (Lipinski definition) is 5. The minimum absolute atomic E-state index is 0.197. The van der Waals surface area contributed by atoms with E-state index in [1.165, 1.54) is 17.0 Å². The van der Waals surface area contributed by atoms with Gasteiger partial charge in [0.1, 0.15) is 16.4 Å². The van der Waals surface area contributed by atoms with Crippen molar-refractivity contribution in [1.29, 1.82) is 0 Å². The molecule has 0 aromatic heterocycles. The van der Waals surface area contributed by atoms with Crippen LogP contribution in [0.2, 0.25) is 0 Å². The van der Waals surface area contributed by atoms with Crippen molar-refractivity contribution in [3.05, 3.63) is 52.5 Å². The monoisotopic (exact) mass is 454 g/mol. The van der Waals surface area contributed by atoms with Crippen molar-refractivity contribution in [2.75, 3.05) is 40.4 Å². The molecule has 146 valence electrons. The number of nitrogens with zero attached hydrogens (tertiary/aromatic N) is 2. The number of ether oxygens (including phenoxy) is 2. The Labute approximate surface area is 168 Å². The van der Waals surface area contributed by atoms with Crippen LogP contribution < -0.4 is 9.47 Å². The van der Waals surface area contributed by atoms with Crippen LogP contribution in [0.15, 0.2) is 51.8 Å². The lowest BCUT2D eigenvalue weighted by Crippen LogP contribution is -2.48. The molecule has 1 heterocycles. The number of halogens is 1. The highest BCUT2D eigenvalue weighted by Gasteiger charge is 2.31. The number of benzene rings is 2. The minimum atomic E-state index is -3.60. The molecule has 0 atom stereocenters. The Kier molecular flexibility index (Phi) is 6.41. The average molecular weight is 455 g/mol. The molecule has 0 amide bonds. The molecule has 8 heteroatoms. The molecule has 1 fully saturated rings. The quantitative estimate of drug-likeness (QED) is 0.671. The normalized spacial score (nSPS) is 16.3. The number of hydrogen-bond donors (Lipinski definition) is 0. The number of methoxy groups -OCH3 is 2. The zero-order valence-corrected chi connectivity index (χ0v) is 17.8. The average Bonchev–Trinajstić information content (AvgIpc) is 2.69. The van der Waals surface area contributed by atoms with E-state index in [4.69, 9.17) is 9.47 Å². The molecule has 2 aromatic rings. The van der Waals surface area contributed by atoms with E-state index in [0.717, 1.165) is 12.3 Å². The van der Waals surface area contributed by atoms with Gasteiger partial charge in [0.05, 0.1) is 14.2 Å². The summed E-state index contributed by atoms with van der Waals surface area (Å²) in [5.41, 5.74) is 1.18. The molecule has 0 radical (unpaired) electrons. The smallest absolute Gasteiger partial charge is 0.246 e. The number of sulfonamides is 1. The third-order valence-electron chi connectivity index (χ3n) is 4.64. The Balaban J connectivity index is 1.66. The van der Waals surface area contributed by atoms with Crippen LogP contribution in [0.5, 0.6) is 11.5 Å². The molecule has 0 unspecified atom stereocenters. The first-order chi connectivity index (χ1) is 12.9. The fourth-order valence-corrected chi connectivity index (χ4v) is 5.22. The Hall–Kier alpha value is -1.61. The molecule has 1 aliphatic rings. The number of piperazine rings is 1. The van der Waals surface area contributed by atoms with Crippen molar-refractivity contribution < 1.29 is 17.9 Å². The molecule has 1 saturated heterocycles. The molecule has 6 nitrogen and oxygen atoms in total. The van der Waals surface area contributed by atoms with E-state index < -0.39 is 10.0 Å². The van der Waals surface area contributed by atoms with Gasteiger partial charge >= 0.3 is 0 Å². The molecule has 2 aromatic carbocycles. The molecule has 1 aliphatic heterocycles. The predicted octanol–water partition coefficient (Wildman–Crippen LogP) is 2.97. The van der Waals surface area contributed by atoms with Crippen LogP contribution in [0, 0.1) is 0 Å². The highest BCUT2D eigenvalue weighted by molar-refractivity contribution is 9.10. The fraction of sp³-hybridized carbons (Fsp3) is 0.368. The van der Waals surface area contributed by atoms with Crippen LogP contribution in [0.3, 0.4) is 0 Å².